The molecule has 0 heterocycles. The number of hydrogen-bond acceptors (Lipinski definition) is 2. The van der Waals surface area contributed by atoms with Crippen LogP contribution in [0.2, 0.25) is 0 Å². The summed E-state index contributed by atoms with van der Waals surface area (Å²) in [5, 5.41) is 8.31. The predicted octanol–water partition coefficient (Wildman–Crippen LogP) is 2.00. The number of halogens is 1. The smallest absolute Gasteiger partial charge is 0.230 e. The Morgan fingerprint density at radius 3 is 2.54 bits per heavy atom. The molecule has 0 aliphatic rings. The van der Waals surface area contributed by atoms with Crippen LogP contribution in [0.15, 0.2) is 30.8 Å². The van der Waals surface area contributed by atoms with Gasteiger partial charge in [0.2, 0.25) is 6.36 Å². The summed E-state index contributed by atoms with van der Waals surface area (Å²) < 4.78 is 16.9. The molecule has 0 radical (unpaired) electrons. The molecule has 1 aromatic carbocycles. The van der Waals surface area contributed by atoms with Crippen LogP contribution in [0.1, 0.15) is 5.56 Å². The zero-order chi connectivity index (χ0) is 9.68. The van der Waals surface area contributed by atoms with Gasteiger partial charge in [0.25, 0.3) is 0 Å². The highest BCUT2D eigenvalue weighted by Crippen LogP contribution is 2.12. The Morgan fingerprint density at radius 1 is 1.46 bits per heavy atom. The fourth-order valence-electron chi connectivity index (χ4n) is 0.865. The largest absolute Gasteiger partial charge is 0.488 e. The lowest BCUT2D eigenvalue weighted by Gasteiger charge is -2.05. The van der Waals surface area contributed by atoms with Gasteiger partial charge in [-0.05, 0) is 17.7 Å². The van der Waals surface area contributed by atoms with E-state index in [0.717, 1.165) is 5.56 Å². The van der Waals surface area contributed by atoms with Crippen molar-refractivity contribution in [2.75, 3.05) is 6.61 Å². The first-order chi connectivity index (χ1) is 6.22. The van der Waals surface area contributed by atoms with Crippen LogP contribution in [0.5, 0.6) is 5.75 Å². The van der Waals surface area contributed by atoms with Gasteiger partial charge in [0.1, 0.15) is 12.4 Å². The molecule has 3 heteroatoms. The van der Waals surface area contributed by atoms with Crippen molar-refractivity contribution in [3.8, 4) is 5.75 Å². The predicted molar refractivity (Wildman–Crippen MR) is 49.1 cm³/mol. The van der Waals surface area contributed by atoms with Gasteiger partial charge in [-0.2, -0.15) is 0 Å². The summed E-state index contributed by atoms with van der Waals surface area (Å²) in [6.45, 7) is 3.25. The van der Waals surface area contributed by atoms with E-state index in [1.54, 1.807) is 30.3 Å². The average Bonchev–Trinajstić information content (AvgIpc) is 2.15. The number of hydrogen-bond donors (Lipinski definition) is 1. The lowest BCUT2D eigenvalue weighted by Crippen LogP contribution is -2.11. The van der Waals surface area contributed by atoms with Crippen LogP contribution in [0.25, 0.3) is 6.08 Å². The van der Waals surface area contributed by atoms with E-state index in [4.69, 9.17) is 9.84 Å². The number of aliphatic hydroxyl groups is 1. The molecule has 0 saturated heterocycles. The van der Waals surface area contributed by atoms with E-state index in [-0.39, 0.29) is 6.61 Å². The van der Waals surface area contributed by atoms with Crippen LogP contribution in [0.4, 0.5) is 4.39 Å². The van der Waals surface area contributed by atoms with Gasteiger partial charge in [-0.25, -0.2) is 4.39 Å². The molecule has 0 aromatic heterocycles. The van der Waals surface area contributed by atoms with Gasteiger partial charge in [-0.1, -0.05) is 24.8 Å². The molecule has 0 amide bonds. The van der Waals surface area contributed by atoms with Gasteiger partial charge in [0.05, 0.1) is 0 Å². The Hall–Kier alpha value is -1.35. The second kappa shape index (κ2) is 4.62. The Kier molecular flexibility index (Phi) is 3.46. The second-order valence-electron chi connectivity index (χ2n) is 2.52. The number of rotatable bonds is 4. The van der Waals surface area contributed by atoms with E-state index in [2.05, 4.69) is 6.58 Å². The van der Waals surface area contributed by atoms with Crippen molar-refractivity contribution in [2.24, 2.45) is 0 Å². The molecule has 70 valence electrons. The molecular formula is C10H11FO2. The minimum absolute atomic E-state index is 0.340. The van der Waals surface area contributed by atoms with Crippen molar-refractivity contribution in [1.82, 2.24) is 0 Å². The summed E-state index contributed by atoms with van der Waals surface area (Å²) in [6, 6.07) is 6.98. The number of ether oxygens (including phenoxy) is 1. The molecule has 0 saturated carbocycles. The van der Waals surface area contributed by atoms with Gasteiger partial charge in [0.15, 0.2) is 0 Å². The van der Waals surface area contributed by atoms with E-state index in [1.807, 2.05) is 0 Å². The van der Waals surface area contributed by atoms with E-state index >= 15 is 0 Å². The molecule has 0 aliphatic carbocycles. The summed E-state index contributed by atoms with van der Waals surface area (Å²) in [5.74, 6) is 0.530. The van der Waals surface area contributed by atoms with Gasteiger partial charge < -0.3 is 9.84 Å². The van der Waals surface area contributed by atoms with Crippen LogP contribution in [0.3, 0.4) is 0 Å². The van der Waals surface area contributed by atoms with Crippen molar-refractivity contribution in [3.05, 3.63) is 36.4 Å². The zero-order valence-electron chi connectivity index (χ0n) is 7.11. The number of alkyl halides is 1. The third kappa shape index (κ3) is 3.25. The summed E-state index contributed by atoms with van der Waals surface area (Å²) >= 11 is 0. The molecule has 1 rings (SSSR count). The molecule has 2 nitrogen and oxygen atoms in total. The Morgan fingerprint density at radius 2 is 2.08 bits per heavy atom. The van der Waals surface area contributed by atoms with Crippen LogP contribution < -0.4 is 4.74 Å². The summed E-state index contributed by atoms with van der Waals surface area (Å²) in [7, 11) is 0. The first kappa shape index (κ1) is 9.74. The first-order valence-corrected chi connectivity index (χ1v) is 3.90. The van der Waals surface area contributed by atoms with Gasteiger partial charge in [0, 0.05) is 0 Å². The summed E-state index contributed by atoms with van der Waals surface area (Å²) in [6.07, 6.45) is -0.229. The minimum Gasteiger partial charge on any atom is -0.488 e. The third-order valence-corrected chi connectivity index (χ3v) is 1.50. The van der Waals surface area contributed by atoms with Crippen molar-refractivity contribution in [2.45, 2.75) is 6.36 Å². The standard InChI is InChI=1S/C10H11FO2/c1-2-8-3-5-9(6-4-8)13-7-10(11)12/h2-6,10,12H,1,7H2. The maximum atomic E-state index is 11.9. The highest BCUT2D eigenvalue weighted by molar-refractivity contribution is 5.48. The maximum absolute atomic E-state index is 11.9. The molecule has 1 aromatic rings. The molecule has 0 spiro atoms. The lowest BCUT2D eigenvalue weighted by molar-refractivity contribution is 0.00112. The van der Waals surface area contributed by atoms with Gasteiger partial charge >= 0.3 is 0 Å². The lowest BCUT2D eigenvalue weighted by atomic mass is 10.2. The first-order valence-electron chi connectivity index (χ1n) is 3.90. The van der Waals surface area contributed by atoms with Crippen molar-refractivity contribution in [1.29, 1.82) is 0 Å². The highest BCUT2D eigenvalue weighted by Gasteiger charge is 2.00. The minimum atomic E-state index is -1.93. The van der Waals surface area contributed by atoms with Crippen molar-refractivity contribution in [3.63, 3.8) is 0 Å². The Balaban J connectivity index is 2.54. The monoisotopic (exact) mass is 182 g/mol. The topological polar surface area (TPSA) is 29.5 Å². The zero-order valence-corrected chi connectivity index (χ0v) is 7.11. The maximum Gasteiger partial charge on any atom is 0.230 e. The van der Waals surface area contributed by atoms with Crippen LogP contribution >= 0.6 is 0 Å². The second-order valence-corrected chi connectivity index (χ2v) is 2.52. The quantitative estimate of drug-likeness (QED) is 0.771. The summed E-state index contributed by atoms with van der Waals surface area (Å²) in [5.41, 5.74) is 0.966. The normalized spacial score (nSPS) is 12.2. The molecule has 0 fully saturated rings. The Labute approximate surface area is 76.3 Å². The van der Waals surface area contributed by atoms with Crippen molar-refractivity contribution >= 4 is 6.08 Å². The molecule has 13 heavy (non-hydrogen) atoms. The molecule has 0 aliphatic heterocycles. The van der Waals surface area contributed by atoms with E-state index in [9.17, 15) is 4.39 Å². The third-order valence-electron chi connectivity index (χ3n) is 1.50. The van der Waals surface area contributed by atoms with Gasteiger partial charge in [-0.3, -0.25) is 0 Å². The van der Waals surface area contributed by atoms with Crippen LogP contribution in [-0.4, -0.2) is 18.1 Å². The van der Waals surface area contributed by atoms with Gasteiger partial charge in [-0.15, -0.1) is 0 Å². The highest BCUT2D eigenvalue weighted by atomic mass is 19.1. The molecule has 1 atom stereocenters. The van der Waals surface area contributed by atoms with E-state index in [1.165, 1.54) is 0 Å². The number of aliphatic hydroxyl groups excluding tert-OH is 1. The molecule has 0 bridgehead atoms. The van der Waals surface area contributed by atoms with E-state index in [0.29, 0.717) is 5.75 Å². The van der Waals surface area contributed by atoms with Crippen LogP contribution in [-0.2, 0) is 0 Å². The van der Waals surface area contributed by atoms with E-state index < -0.39 is 6.36 Å². The fraction of sp³-hybridized carbons (Fsp3) is 0.200. The SMILES string of the molecule is C=Cc1ccc(OCC(O)F)cc1. The number of benzene rings is 1. The molecular weight excluding hydrogens is 171 g/mol. The average molecular weight is 182 g/mol. The van der Waals surface area contributed by atoms with Crippen molar-refractivity contribution < 1.29 is 14.2 Å². The van der Waals surface area contributed by atoms with Crippen LogP contribution in [0, 0.1) is 0 Å². The fourth-order valence-corrected chi connectivity index (χ4v) is 0.865. The Bertz CT molecular complexity index is 267. The summed E-state index contributed by atoms with van der Waals surface area (Å²) in [4.78, 5) is 0. The molecule has 1 N–H and O–H groups in total. The molecule has 1 unspecified atom stereocenters.